The zero-order valence-corrected chi connectivity index (χ0v) is 13.2. The lowest BCUT2D eigenvalue weighted by Gasteiger charge is -2.25. The fourth-order valence-electron chi connectivity index (χ4n) is 2.17. The quantitative estimate of drug-likeness (QED) is 0.690. The molecule has 0 fully saturated rings. The highest BCUT2D eigenvalue weighted by atomic mass is 16.6. The van der Waals surface area contributed by atoms with E-state index in [1.807, 2.05) is 19.1 Å². The van der Waals surface area contributed by atoms with Crippen molar-refractivity contribution in [1.29, 1.82) is 0 Å². The third kappa shape index (κ3) is 3.82. The van der Waals surface area contributed by atoms with Crippen LogP contribution in [-0.2, 0) is 0 Å². The fraction of sp³-hybridized carbons (Fsp3) is 0.250. The maximum atomic E-state index is 12.3. The Bertz CT molecular complexity index is 719. The number of aryl methyl sites for hydroxylation is 1. The van der Waals surface area contributed by atoms with Gasteiger partial charge in [0.15, 0.2) is 0 Å². The number of nitrogens with zero attached hydrogens (tertiary/aromatic N) is 3. The Labute approximate surface area is 134 Å². The molecule has 0 aliphatic carbocycles. The Hall–Kier alpha value is -2.96. The van der Waals surface area contributed by atoms with Crippen LogP contribution in [0.3, 0.4) is 0 Å². The summed E-state index contributed by atoms with van der Waals surface area (Å²) in [4.78, 5) is 28.3. The summed E-state index contributed by atoms with van der Waals surface area (Å²) in [5, 5.41) is 13.6. The van der Waals surface area contributed by atoms with Gasteiger partial charge >= 0.3 is 6.03 Å². The van der Waals surface area contributed by atoms with Crippen molar-refractivity contribution in [2.24, 2.45) is 0 Å². The normalized spacial score (nSPS) is 11.6. The van der Waals surface area contributed by atoms with Crippen molar-refractivity contribution in [1.82, 2.24) is 9.88 Å². The van der Waals surface area contributed by atoms with Crippen molar-refractivity contribution in [3.63, 3.8) is 0 Å². The summed E-state index contributed by atoms with van der Waals surface area (Å²) in [5.41, 5.74) is 1.96. The van der Waals surface area contributed by atoms with Gasteiger partial charge in [-0.15, -0.1) is 0 Å². The number of nitro benzene ring substituents is 1. The molecule has 0 bridgehead atoms. The molecule has 1 atom stereocenters. The van der Waals surface area contributed by atoms with Crippen LogP contribution in [0.25, 0.3) is 0 Å². The number of carbonyl (C=O) groups excluding carboxylic acids is 1. The van der Waals surface area contributed by atoms with Gasteiger partial charge in [0, 0.05) is 36.8 Å². The van der Waals surface area contributed by atoms with Gasteiger partial charge in [0.2, 0.25) is 0 Å². The van der Waals surface area contributed by atoms with E-state index in [-0.39, 0.29) is 17.8 Å². The first kappa shape index (κ1) is 16.4. The summed E-state index contributed by atoms with van der Waals surface area (Å²) in [6.07, 6.45) is 3.39. The van der Waals surface area contributed by atoms with Crippen LogP contribution in [0.15, 0.2) is 42.7 Å². The summed E-state index contributed by atoms with van der Waals surface area (Å²) in [6.45, 7) is 3.54. The maximum Gasteiger partial charge on any atom is 0.322 e. The lowest BCUT2D eigenvalue weighted by molar-refractivity contribution is -0.385. The second kappa shape index (κ2) is 6.87. The number of nitro groups is 1. The van der Waals surface area contributed by atoms with E-state index in [9.17, 15) is 14.9 Å². The van der Waals surface area contributed by atoms with Crippen LogP contribution in [0.2, 0.25) is 0 Å². The summed E-state index contributed by atoms with van der Waals surface area (Å²) in [7, 11) is 1.69. The highest BCUT2D eigenvalue weighted by molar-refractivity contribution is 5.89. The van der Waals surface area contributed by atoms with Gasteiger partial charge in [0.1, 0.15) is 0 Å². The van der Waals surface area contributed by atoms with Gasteiger partial charge in [-0.2, -0.15) is 0 Å². The predicted molar refractivity (Wildman–Crippen MR) is 87.3 cm³/mol. The third-order valence-corrected chi connectivity index (χ3v) is 3.71. The van der Waals surface area contributed by atoms with Gasteiger partial charge in [-0.05, 0) is 37.6 Å². The molecule has 1 unspecified atom stereocenters. The average Bonchev–Trinajstić information content (AvgIpc) is 2.54. The van der Waals surface area contributed by atoms with Gasteiger partial charge in [-0.1, -0.05) is 6.07 Å². The molecule has 7 nitrogen and oxygen atoms in total. The first-order valence-corrected chi connectivity index (χ1v) is 7.09. The van der Waals surface area contributed by atoms with E-state index < -0.39 is 4.92 Å². The Morgan fingerprint density at radius 3 is 2.70 bits per heavy atom. The van der Waals surface area contributed by atoms with Crippen LogP contribution in [0, 0.1) is 17.0 Å². The number of amides is 2. The van der Waals surface area contributed by atoms with E-state index >= 15 is 0 Å². The molecule has 0 radical (unpaired) electrons. The first-order chi connectivity index (χ1) is 10.9. The maximum absolute atomic E-state index is 12.3. The van der Waals surface area contributed by atoms with Gasteiger partial charge in [0.25, 0.3) is 5.69 Å². The topological polar surface area (TPSA) is 88.4 Å². The predicted octanol–water partition coefficient (Wildman–Crippen LogP) is 3.52. The van der Waals surface area contributed by atoms with Crippen molar-refractivity contribution in [2.75, 3.05) is 12.4 Å². The number of nitrogens with one attached hydrogen (secondary N) is 1. The SMILES string of the molecule is Cc1cc(NC(=O)N(C)C(C)c2cccnc2)ccc1[N+](=O)[O-]. The third-order valence-electron chi connectivity index (χ3n) is 3.71. The fourth-order valence-corrected chi connectivity index (χ4v) is 2.17. The van der Waals surface area contributed by atoms with Crippen LogP contribution in [0.5, 0.6) is 0 Å². The van der Waals surface area contributed by atoms with Crippen LogP contribution in [0.4, 0.5) is 16.2 Å². The van der Waals surface area contributed by atoms with E-state index in [1.165, 1.54) is 12.1 Å². The molecule has 0 saturated heterocycles. The standard InChI is InChI=1S/C16H18N4O3/c1-11-9-14(6-7-15(11)20(22)23)18-16(21)19(3)12(2)13-5-4-8-17-10-13/h4-10,12H,1-3H3,(H,18,21). The molecule has 0 aliphatic heterocycles. The minimum absolute atomic E-state index is 0.0279. The lowest BCUT2D eigenvalue weighted by atomic mass is 10.1. The number of hydrogen-bond acceptors (Lipinski definition) is 4. The van der Waals surface area contributed by atoms with Crippen LogP contribution >= 0.6 is 0 Å². The zero-order chi connectivity index (χ0) is 17.0. The number of hydrogen-bond donors (Lipinski definition) is 1. The molecule has 0 aliphatic rings. The lowest BCUT2D eigenvalue weighted by Crippen LogP contribution is -2.33. The smallest absolute Gasteiger partial charge is 0.321 e. The molecular formula is C16H18N4O3. The molecule has 1 aromatic carbocycles. The Balaban J connectivity index is 2.09. The van der Waals surface area contributed by atoms with E-state index in [2.05, 4.69) is 10.3 Å². The van der Waals surface area contributed by atoms with Gasteiger partial charge in [-0.25, -0.2) is 4.79 Å². The van der Waals surface area contributed by atoms with Crippen molar-refractivity contribution in [3.8, 4) is 0 Å². The van der Waals surface area contributed by atoms with Gasteiger partial charge < -0.3 is 10.2 Å². The Morgan fingerprint density at radius 1 is 1.39 bits per heavy atom. The zero-order valence-electron chi connectivity index (χ0n) is 13.2. The molecule has 7 heteroatoms. The van der Waals surface area contributed by atoms with Crippen molar-refractivity contribution in [2.45, 2.75) is 19.9 Å². The summed E-state index contributed by atoms with van der Waals surface area (Å²) >= 11 is 0. The van der Waals surface area contributed by atoms with Crippen LogP contribution in [-0.4, -0.2) is 27.9 Å². The Kier molecular flexibility index (Phi) is 4.90. The number of benzene rings is 1. The minimum atomic E-state index is -0.447. The van der Waals surface area contributed by atoms with Crippen molar-refractivity contribution < 1.29 is 9.72 Å². The van der Waals surface area contributed by atoms with E-state index in [0.29, 0.717) is 11.3 Å². The number of urea groups is 1. The second-order valence-electron chi connectivity index (χ2n) is 5.26. The van der Waals surface area contributed by atoms with E-state index in [4.69, 9.17) is 0 Å². The number of pyridine rings is 1. The molecule has 1 heterocycles. The van der Waals surface area contributed by atoms with Crippen molar-refractivity contribution in [3.05, 3.63) is 64.0 Å². The summed E-state index contributed by atoms with van der Waals surface area (Å²) < 4.78 is 0. The number of carbonyl (C=O) groups is 1. The number of rotatable bonds is 4. The average molecular weight is 314 g/mol. The van der Waals surface area contributed by atoms with Gasteiger partial charge in [0.05, 0.1) is 11.0 Å². The Morgan fingerprint density at radius 2 is 2.13 bits per heavy atom. The molecule has 1 aromatic heterocycles. The molecule has 23 heavy (non-hydrogen) atoms. The van der Waals surface area contributed by atoms with Crippen LogP contribution in [0.1, 0.15) is 24.1 Å². The highest BCUT2D eigenvalue weighted by Gasteiger charge is 2.18. The summed E-state index contributed by atoms with van der Waals surface area (Å²) in [6, 6.07) is 7.76. The molecule has 2 amide bonds. The van der Waals surface area contributed by atoms with E-state index in [0.717, 1.165) is 5.56 Å². The molecule has 1 N–H and O–H groups in total. The molecule has 2 rings (SSSR count). The molecular weight excluding hydrogens is 296 g/mol. The van der Waals surface area contributed by atoms with Crippen molar-refractivity contribution >= 4 is 17.4 Å². The first-order valence-electron chi connectivity index (χ1n) is 7.09. The monoisotopic (exact) mass is 314 g/mol. The number of aromatic nitrogens is 1. The van der Waals surface area contributed by atoms with Gasteiger partial charge in [-0.3, -0.25) is 15.1 Å². The second-order valence-corrected chi connectivity index (χ2v) is 5.26. The minimum Gasteiger partial charge on any atom is -0.321 e. The number of anilines is 1. The summed E-state index contributed by atoms with van der Waals surface area (Å²) in [5.74, 6) is 0. The molecule has 2 aromatic rings. The molecule has 120 valence electrons. The molecule has 0 saturated carbocycles. The largest absolute Gasteiger partial charge is 0.322 e. The van der Waals surface area contributed by atoms with E-state index in [1.54, 1.807) is 37.3 Å². The molecule has 0 spiro atoms. The van der Waals surface area contributed by atoms with Crippen LogP contribution < -0.4 is 5.32 Å². The highest BCUT2D eigenvalue weighted by Crippen LogP contribution is 2.23.